The number of carbonyl (C=O) groups excluding carboxylic acids is 1. The molecule has 70 valence electrons. The van der Waals surface area contributed by atoms with Crippen LogP contribution < -0.4 is 0 Å². The quantitative estimate of drug-likeness (QED) is 0.814. The third-order valence-corrected chi connectivity index (χ3v) is 4.12. The zero-order valence-corrected chi connectivity index (χ0v) is 9.82. The Hall–Kier alpha value is -0.150. The first-order chi connectivity index (χ1) is 6.16. The van der Waals surface area contributed by atoms with Gasteiger partial charge in [-0.2, -0.15) is 0 Å². The number of hydrogen-bond donors (Lipinski definition) is 0. The largest absolute Gasteiger partial charge is 0.299 e. The van der Waals surface area contributed by atoms with Gasteiger partial charge in [-0.25, -0.2) is 0 Å². The maximum Gasteiger partial charge on any atom is 0.141 e. The third-order valence-electron chi connectivity index (χ3n) is 2.50. The molecule has 0 aromatic carbocycles. The van der Waals surface area contributed by atoms with Crippen molar-refractivity contribution >= 4 is 33.0 Å². The van der Waals surface area contributed by atoms with Gasteiger partial charge < -0.3 is 0 Å². The van der Waals surface area contributed by atoms with Crippen molar-refractivity contribution in [2.75, 3.05) is 0 Å². The van der Waals surface area contributed by atoms with E-state index in [-0.39, 0.29) is 0 Å². The van der Waals surface area contributed by atoms with Crippen molar-refractivity contribution in [3.63, 3.8) is 0 Å². The SMILES string of the molecule is CC1CC1C(=O)Cc1ccc(Br)s1. The Labute approximate surface area is 90.3 Å². The van der Waals surface area contributed by atoms with Crippen LogP contribution in [0.3, 0.4) is 0 Å². The van der Waals surface area contributed by atoms with Gasteiger partial charge in [-0.05, 0) is 40.4 Å². The zero-order chi connectivity index (χ0) is 9.42. The molecule has 3 heteroatoms. The van der Waals surface area contributed by atoms with Crippen molar-refractivity contribution < 1.29 is 4.79 Å². The molecule has 0 amide bonds. The first-order valence-electron chi connectivity index (χ1n) is 4.44. The highest BCUT2D eigenvalue weighted by molar-refractivity contribution is 9.11. The Kier molecular flexibility index (Phi) is 2.56. The molecule has 0 spiro atoms. The highest BCUT2D eigenvalue weighted by Gasteiger charge is 2.38. The zero-order valence-electron chi connectivity index (χ0n) is 7.42. The predicted octanol–water partition coefficient (Wildman–Crippen LogP) is 3.28. The van der Waals surface area contributed by atoms with E-state index in [4.69, 9.17) is 0 Å². The summed E-state index contributed by atoms with van der Waals surface area (Å²) < 4.78 is 1.11. The predicted molar refractivity (Wildman–Crippen MR) is 58.0 cm³/mol. The van der Waals surface area contributed by atoms with Crippen molar-refractivity contribution in [2.24, 2.45) is 11.8 Å². The molecule has 2 rings (SSSR count). The van der Waals surface area contributed by atoms with Gasteiger partial charge in [0.25, 0.3) is 0 Å². The summed E-state index contributed by atoms with van der Waals surface area (Å²) in [7, 11) is 0. The van der Waals surface area contributed by atoms with Crippen LogP contribution in [0, 0.1) is 11.8 Å². The number of thiophene rings is 1. The van der Waals surface area contributed by atoms with Gasteiger partial charge in [0.1, 0.15) is 5.78 Å². The van der Waals surface area contributed by atoms with Crippen LogP contribution in [0.15, 0.2) is 15.9 Å². The van der Waals surface area contributed by atoms with E-state index in [1.54, 1.807) is 11.3 Å². The Morgan fingerprint density at radius 2 is 2.38 bits per heavy atom. The Morgan fingerprint density at radius 1 is 1.69 bits per heavy atom. The molecule has 1 nitrogen and oxygen atoms in total. The fraction of sp³-hybridized carbons (Fsp3) is 0.500. The van der Waals surface area contributed by atoms with Crippen LogP contribution in [0.1, 0.15) is 18.2 Å². The molecule has 0 bridgehead atoms. The van der Waals surface area contributed by atoms with E-state index in [9.17, 15) is 4.79 Å². The van der Waals surface area contributed by atoms with Gasteiger partial charge in [0.15, 0.2) is 0 Å². The standard InChI is InChI=1S/C10H11BrOS/c1-6-4-8(6)9(12)5-7-2-3-10(11)13-7/h2-3,6,8H,4-5H2,1H3. The molecule has 2 atom stereocenters. The number of carbonyl (C=O) groups is 1. The molecule has 1 aromatic heterocycles. The molecule has 1 aliphatic carbocycles. The summed E-state index contributed by atoms with van der Waals surface area (Å²) >= 11 is 5.05. The minimum absolute atomic E-state index is 0.362. The fourth-order valence-electron chi connectivity index (χ4n) is 1.52. The first-order valence-corrected chi connectivity index (χ1v) is 6.04. The van der Waals surface area contributed by atoms with E-state index in [2.05, 4.69) is 22.9 Å². The summed E-state index contributed by atoms with van der Waals surface area (Å²) in [6, 6.07) is 4.03. The molecule has 1 fully saturated rings. The highest BCUT2D eigenvalue weighted by atomic mass is 79.9. The molecule has 1 aromatic rings. The van der Waals surface area contributed by atoms with E-state index in [1.165, 1.54) is 4.88 Å². The van der Waals surface area contributed by atoms with Crippen LogP contribution in [-0.4, -0.2) is 5.78 Å². The topological polar surface area (TPSA) is 17.1 Å². The van der Waals surface area contributed by atoms with Crippen LogP contribution in [0.2, 0.25) is 0 Å². The minimum Gasteiger partial charge on any atom is -0.299 e. The maximum atomic E-state index is 11.6. The lowest BCUT2D eigenvalue weighted by Gasteiger charge is -1.94. The lowest BCUT2D eigenvalue weighted by Crippen LogP contribution is -2.04. The third kappa shape index (κ3) is 2.20. The smallest absolute Gasteiger partial charge is 0.141 e. The highest BCUT2D eigenvalue weighted by Crippen LogP contribution is 2.39. The van der Waals surface area contributed by atoms with E-state index >= 15 is 0 Å². The van der Waals surface area contributed by atoms with E-state index in [0.717, 1.165) is 10.2 Å². The second-order valence-corrected chi connectivity index (χ2v) is 6.22. The molecule has 2 unspecified atom stereocenters. The monoisotopic (exact) mass is 258 g/mol. The number of hydrogen-bond acceptors (Lipinski definition) is 2. The summed E-state index contributed by atoms with van der Waals surface area (Å²) in [4.78, 5) is 12.8. The second kappa shape index (κ2) is 3.54. The van der Waals surface area contributed by atoms with Crippen molar-refractivity contribution in [1.82, 2.24) is 0 Å². The molecular weight excluding hydrogens is 248 g/mol. The molecule has 0 aliphatic heterocycles. The number of Topliss-reactive ketones (excluding diaryl/α,β-unsaturated/α-hetero) is 1. The van der Waals surface area contributed by atoms with Gasteiger partial charge >= 0.3 is 0 Å². The molecule has 13 heavy (non-hydrogen) atoms. The average molecular weight is 259 g/mol. The Bertz CT molecular complexity index is 331. The van der Waals surface area contributed by atoms with Gasteiger partial charge in [0.2, 0.25) is 0 Å². The lowest BCUT2D eigenvalue weighted by atomic mass is 10.1. The van der Waals surface area contributed by atoms with Gasteiger partial charge in [-0.3, -0.25) is 4.79 Å². The second-order valence-electron chi connectivity index (χ2n) is 3.67. The van der Waals surface area contributed by atoms with Crippen molar-refractivity contribution in [3.8, 4) is 0 Å². The molecular formula is C10H11BrOS. The first kappa shape index (κ1) is 9.41. The van der Waals surface area contributed by atoms with Gasteiger partial charge in [-0.1, -0.05) is 6.92 Å². The summed E-state index contributed by atoms with van der Waals surface area (Å²) in [5, 5.41) is 0. The van der Waals surface area contributed by atoms with Gasteiger partial charge in [-0.15, -0.1) is 11.3 Å². The van der Waals surface area contributed by atoms with Crippen LogP contribution in [0.25, 0.3) is 0 Å². The maximum absolute atomic E-state index is 11.6. The molecule has 0 N–H and O–H groups in total. The molecule has 1 heterocycles. The summed E-state index contributed by atoms with van der Waals surface area (Å²) in [6.45, 7) is 2.15. The van der Waals surface area contributed by atoms with Crippen LogP contribution in [0.4, 0.5) is 0 Å². The minimum atomic E-state index is 0.362. The van der Waals surface area contributed by atoms with Crippen molar-refractivity contribution in [1.29, 1.82) is 0 Å². The summed E-state index contributed by atoms with van der Waals surface area (Å²) in [5.41, 5.74) is 0. The normalized spacial score (nSPS) is 26.0. The van der Waals surface area contributed by atoms with E-state index in [1.807, 2.05) is 12.1 Å². The molecule has 1 aliphatic rings. The molecule has 0 saturated heterocycles. The average Bonchev–Trinajstić information content (AvgIpc) is 2.66. The van der Waals surface area contributed by atoms with E-state index < -0.39 is 0 Å². The van der Waals surface area contributed by atoms with Gasteiger partial charge in [0.05, 0.1) is 3.79 Å². The van der Waals surface area contributed by atoms with Crippen molar-refractivity contribution in [2.45, 2.75) is 19.8 Å². The number of ketones is 1. The fourth-order valence-corrected chi connectivity index (χ4v) is 3.01. The van der Waals surface area contributed by atoms with Crippen LogP contribution in [0.5, 0.6) is 0 Å². The van der Waals surface area contributed by atoms with E-state index in [0.29, 0.717) is 24.0 Å². The van der Waals surface area contributed by atoms with Crippen LogP contribution >= 0.6 is 27.3 Å². The summed E-state index contributed by atoms with van der Waals surface area (Å²) in [6.07, 6.45) is 1.73. The van der Waals surface area contributed by atoms with Crippen molar-refractivity contribution in [3.05, 3.63) is 20.8 Å². The lowest BCUT2D eigenvalue weighted by molar-refractivity contribution is -0.119. The number of rotatable bonds is 3. The van der Waals surface area contributed by atoms with Crippen LogP contribution in [-0.2, 0) is 11.2 Å². The molecule has 1 saturated carbocycles. The Balaban J connectivity index is 1.95. The summed E-state index contributed by atoms with van der Waals surface area (Å²) in [5.74, 6) is 1.42. The Morgan fingerprint density at radius 3 is 2.85 bits per heavy atom. The number of halogens is 1. The van der Waals surface area contributed by atoms with Gasteiger partial charge in [0, 0.05) is 17.2 Å². The molecule has 0 radical (unpaired) electrons.